The fourth-order valence-electron chi connectivity index (χ4n) is 2.78. The van der Waals surface area contributed by atoms with Crippen LogP contribution in [0.1, 0.15) is 26.2 Å². The molecule has 0 aromatic rings. The second-order valence-electron chi connectivity index (χ2n) is 5.76. The lowest BCUT2D eigenvalue weighted by Crippen LogP contribution is -2.43. The maximum Gasteiger partial charge on any atom is 0.191 e. The molecule has 2 aliphatic heterocycles. The summed E-state index contributed by atoms with van der Waals surface area (Å²) in [6, 6.07) is 0. The normalized spacial score (nSPS) is 24.5. The van der Waals surface area contributed by atoms with Gasteiger partial charge in [0, 0.05) is 37.7 Å². The molecule has 0 aromatic heterocycles. The fourth-order valence-corrected chi connectivity index (χ4v) is 3.69. The second kappa shape index (κ2) is 8.00. The molecule has 2 aliphatic rings. The summed E-state index contributed by atoms with van der Waals surface area (Å²) in [6.07, 6.45) is 4.14. The van der Waals surface area contributed by atoms with E-state index in [2.05, 4.69) is 21.7 Å². The van der Waals surface area contributed by atoms with Crippen molar-refractivity contribution in [3.05, 3.63) is 0 Å². The van der Waals surface area contributed by atoms with Gasteiger partial charge in [-0.2, -0.15) is 11.8 Å². The van der Waals surface area contributed by atoms with E-state index in [0.717, 1.165) is 25.6 Å². The summed E-state index contributed by atoms with van der Waals surface area (Å²) in [7, 11) is 0. The molecule has 110 valence electrons. The highest BCUT2D eigenvalue weighted by Crippen LogP contribution is 2.12. The molecule has 2 fully saturated rings. The molecule has 1 atom stereocenters. The topological polar surface area (TPSA) is 44.9 Å². The number of likely N-dealkylation sites (tertiary alicyclic amines) is 1. The first kappa shape index (κ1) is 15.0. The number of nitrogens with two attached hydrogens (primary N) is 1. The third-order valence-electron chi connectivity index (χ3n) is 3.92. The van der Waals surface area contributed by atoms with Crippen molar-refractivity contribution in [2.24, 2.45) is 16.6 Å². The Balaban J connectivity index is 1.70. The van der Waals surface area contributed by atoms with Gasteiger partial charge in [0.05, 0.1) is 0 Å². The van der Waals surface area contributed by atoms with E-state index in [1.165, 1.54) is 50.4 Å². The van der Waals surface area contributed by atoms with Crippen LogP contribution in [0.3, 0.4) is 0 Å². The van der Waals surface area contributed by atoms with Gasteiger partial charge in [0.2, 0.25) is 0 Å². The van der Waals surface area contributed by atoms with Crippen LogP contribution in [0.4, 0.5) is 0 Å². The summed E-state index contributed by atoms with van der Waals surface area (Å²) in [5.74, 6) is 3.72. The Hall–Kier alpha value is -0.420. The van der Waals surface area contributed by atoms with Crippen LogP contribution in [0, 0.1) is 5.92 Å². The lowest BCUT2D eigenvalue weighted by atomic mass is 10.1. The summed E-state index contributed by atoms with van der Waals surface area (Å²) >= 11 is 2.00. The smallest absolute Gasteiger partial charge is 0.191 e. The van der Waals surface area contributed by atoms with Gasteiger partial charge in [0.1, 0.15) is 0 Å². The number of aliphatic imine (C=N–C) groups is 1. The van der Waals surface area contributed by atoms with Gasteiger partial charge in [-0.3, -0.25) is 4.99 Å². The molecule has 0 bridgehead atoms. The Morgan fingerprint density at radius 3 is 2.53 bits per heavy atom. The van der Waals surface area contributed by atoms with Crippen molar-refractivity contribution < 1.29 is 0 Å². The summed E-state index contributed by atoms with van der Waals surface area (Å²) in [5.41, 5.74) is 6.08. The molecule has 19 heavy (non-hydrogen) atoms. The molecule has 2 N–H and O–H groups in total. The van der Waals surface area contributed by atoms with Crippen molar-refractivity contribution >= 4 is 17.7 Å². The molecule has 2 saturated heterocycles. The van der Waals surface area contributed by atoms with Crippen LogP contribution in [-0.4, -0.2) is 66.5 Å². The lowest BCUT2D eigenvalue weighted by molar-refractivity contribution is 0.202. The maximum absolute atomic E-state index is 6.08. The number of hydrogen-bond acceptors (Lipinski definition) is 3. The van der Waals surface area contributed by atoms with Gasteiger partial charge in [-0.25, -0.2) is 0 Å². The van der Waals surface area contributed by atoms with Crippen molar-refractivity contribution in [1.29, 1.82) is 0 Å². The summed E-state index contributed by atoms with van der Waals surface area (Å²) in [4.78, 5) is 9.40. The summed E-state index contributed by atoms with van der Waals surface area (Å²) < 4.78 is 0. The molecule has 4 nitrogen and oxygen atoms in total. The zero-order valence-corrected chi connectivity index (χ0v) is 13.0. The number of nitrogens with zero attached hydrogens (tertiary/aromatic N) is 3. The van der Waals surface area contributed by atoms with E-state index in [0.29, 0.717) is 5.92 Å². The van der Waals surface area contributed by atoms with Crippen LogP contribution in [0.5, 0.6) is 0 Å². The minimum atomic E-state index is 0.607. The molecule has 0 aromatic carbocycles. The van der Waals surface area contributed by atoms with Crippen molar-refractivity contribution in [1.82, 2.24) is 9.80 Å². The standard InChI is InChI=1S/C14H28N4S/c1-13(12-17-5-3-2-4-6-17)11-16-14(15)18-7-9-19-10-8-18/h13H,2-12H2,1H3,(H2,15,16)/t13-/m1/s1. The number of guanidine groups is 1. The van der Waals surface area contributed by atoms with Crippen LogP contribution < -0.4 is 5.73 Å². The Kier molecular flexibility index (Phi) is 6.31. The minimum absolute atomic E-state index is 0.607. The van der Waals surface area contributed by atoms with Gasteiger partial charge in [-0.1, -0.05) is 13.3 Å². The molecule has 2 rings (SSSR count). The highest BCUT2D eigenvalue weighted by molar-refractivity contribution is 7.99. The number of thioether (sulfide) groups is 1. The van der Waals surface area contributed by atoms with E-state index >= 15 is 0 Å². The van der Waals surface area contributed by atoms with Crippen molar-refractivity contribution in [2.45, 2.75) is 26.2 Å². The molecule has 0 unspecified atom stereocenters. The molecule has 2 heterocycles. The van der Waals surface area contributed by atoms with Crippen molar-refractivity contribution in [2.75, 3.05) is 50.8 Å². The molecule has 0 amide bonds. The lowest BCUT2D eigenvalue weighted by Gasteiger charge is -2.29. The van der Waals surface area contributed by atoms with Gasteiger partial charge in [-0.05, 0) is 31.8 Å². The molecular formula is C14H28N4S. The number of hydrogen-bond donors (Lipinski definition) is 1. The van der Waals surface area contributed by atoms with E-state index in [1.807, 2.05) is 11.8 Å². The summed E-state index contributed by atoms with van der Waals surface area (Å²) in [5, 5.41) is 0. The molecular weight excluding hydrogens is 256 g/mol. The van der Waals surface area contributed by atoms with Crippen LogP contribution in [-0.2, 0) is 0 Å². The Morgan fingerprint density at radius 2 is 1.84 bits per heavy atom. The monoisotopic (exact) mass is 284 g/mol. The van der Waals surface area contributed by atoms with Crippen LogP contribution in [0.25, 0.3) is 0 Å². The van der Waals surface area contributed by atoms with E-state index in [9.17, 15) is 0 Å². The Morgan fingerprint density at radius 1 is 1.16 bits per heavy atom. The second-order valence-corrected chi connectivity index (χ2v) is 6.99. The highest BCUT2D eigenvalue weighted by atomic mass is 32.2. The number of rotatable bonds is 4. The van der Waals surface area contributed by atoms with Crippen LogP contribution in [0.2, 0.25) is 0 Å². The van der Waals surface area contributed by atoms with Gasteiger partial charge in [0.25, 0.3) is 0 Å². The summed E-state index contributed by atoms with van der Waals surface area (Å²) in [6.45, 7) is 8.98. The molecule has 5 heteroatoms. The largest absolute Gasteiger partial charge is 0.370 e. The van der Waals surface area contributed by atoms with E-state index in [-0.39, 0.29) is 0 Å². The number of piperidine rings is 1. The quantitative estimate of drug-likeness (QED) is 0.627. The molecule has 0 saturated carbocycles. The minimum Gasteiger partial charge on any atom is -0.370 e. The molecule has 0 aliphatic carbocycles. The highest BCUT2D eigenvalue weighted by Gasteiger charge is 2.15. The zero-order chi connectivity index (χ0) is 13.5. The van der Waals surface area contributed by atoms with Gasteiger partial charge in [-0.15, -0.1) is 0 Å². The van der Waals surface area contributed by atoms with Crippen molar-refractivity contribution in [3.63, 3.8) is 0 Å². The van der Waals surface area contributed by atoms with E-state index in [4.69, 9.17) is 5.73 Å². The van der Waals surface area contributed by atoms with E-state index in [1.54, 1.807) is 0 Å². The average molecular weight is 284 g/mol. The van der Waals surface area contributed by atoms with Gasteiger partial charge >= 0.3 is 0 Å². The Labute approximate surface area is 121 Å². The van der Waals surface area contributed by atoms with Crippen LogP contribution >= 0.6 is 11.8 Å². The predicted octanol–water partition coefficient (Wildman–Crippen LogP) is 1.47. The van der Waals surface area contributed by atoms with E-state index < -0.39 is 0 Å². The van der Waals surface area contributed by atoms with Gasteiger partial charge < -0.3 is 15.5 Å². The maximum atomic E-state index is 6.08. The van der Waals surface area contributed by atoms with Crippen molar-refractivity contribution in [3.8, 4) is 0 Å². The Bertz CT molecular complexity index is 283. The average Bonchev–Trinajstić information content (AvgIpc) is 2.47. The first-order valence-electron chi connectivity index (χ1n) is 7.60. The predicted molar refractivity (Wildman–Crippen MR) is 84.8 cm³/mol. The SMILES string of the molecule is C[C@H](CN=C(N)N1CCSCC1)CN1CCCCC1. The zero-order valence-electron chi connectivity index (χ0n) is 12.2. The fraction of sp³-hybridized carbons (Fsp3) is 0.929. The third-order valence-corrected chi connectivity index (χ3v) is 4.86. The first-order valence-corrected chi connectivity index (χ1v) is 8.76. The first-order chi connectivity index (χ1) is 9.25. The molecule has 0 spiro atoms. The third kappa shape index (κ3) is 5.22. The van der Waals surface area contributed by atoms with Gasteiger partial charge in [0.15, 0.2) is 5.96 Å². The molecule has 0 radical (unpaired) electrons. The van der Waals surface area contributed by atoms with Crippen LogP contribution in [0.15, 0.2) is 4.99 Å².